The molecule has 1 aromatic rings. The van der Waals surface area contributed by atoms with E-state index >= 15 is 0 Å². The second-order valence-electron chi connectivity index (χ2n) is 8.68. The fourth-order valence-corrected chi connectivity index (χ4v) is 3.87. The van der Waals surface area contributed by atoms with Crippen molar-refractivity contribution in [2.75, 3.05) is 19.7 Å². The molecule has 2 aliphatic rings. The summed E-state index contributed by atoms with van der Waals surface area (Å²) in [6.45, 7) is 10.3. The van der Waals surface area contributed by atoms with Crippen molar-refractivity contribution in [2.45, 2.75) is 59.0 Å². The van der Waals surface area contributed by atoms with Crippen LogP contribution in [0.1, 0.15) is 52.0 Å². The van der Waals surface area contributed by atoms with Crippen molar-refractivity contribution in [3.8, 4) is 5.75 Å². The van der Waals surface area contributed by atoms with Crippen LogP contribution in [0, 0.1) is 18.3 Å². The van der Waals surface area contributed by atoms with Crippen LogP contribution < -0.4 is 4.74 Å². The van der Waals surface area contributed by atoms with E-state index in [1.165, 1.54) is 12.0 Å². The van der Waals surface area contributed by atoms with E-state index in [2.05, 4.69) is 19.1 Å². The fraction of sp³-hybridized carbons (Fsp3) is 0.667. The second kappa shape index (κ2) is 6.89. The number of piperidine rings is 1. The lowest BCUT2D eigenvalue weighted by molar-refractivity contribution is 0.0163. The molecule has 1 saturated carbocycles. The van der Waals surface area contributed by atoms with Gasteiger partial charge >= 0.3 is 6.09 Å². The number of nitrogens with zero attached hydrogens (tertiary/aromatic N) is 1. The summed E-state index contributed by atoms with van der Waals surface area (Å²) in [5.41, 5.74) is 1.29. The van der Waals surface area contributed by atoms with Crippen molar-refractivity contribution in [3.63, 3.8) is 0 Å². The number of aryl methyl sites for hydroxylation is 1. The summed E-state index contributed by atoms with van der Waals surface area (Å²) in [6, 6.07) is 8.25. The maximum absolute atomic E-state index is 12.2. The van der Waals surface area contributed by atoms with Gasteiger partial charge in [-0.3, -0.25) is 0 Å². The Hall–Kier alpha value is -1.71. The van der Waals surface area contributed by atoms with Gasteiger partial charge in [-0.2, -0.15) is 0 Å². The molecule has 1 heterocycles. The van der Waals surface area contributed by atoms with Crippen LogP contribution >= 0.6 is 0 Å². The number of ether oxygens (including phenoxy) is 2. The van der Waals surface area contributed by atoms with Gasteiger partial charge in [-0.1, -0.05) is 17.7 Å². The molecule has 4 heteroatoms. The third-order valence-electron chi connectivity index (χ3n) is 5.53. The summed E-state index contributed by atoms with van der Waals surface area (Å²) in [5.74, 6) is 1.71. The van der Waals surface area contributed by atoms with Crippen molar-refractivity contribution < 1.29 is 14.3 Å². The smallest absolute Gasteiger partial charge is 0.410 e. The number of likely N-dealkylation sites (tertiary alicyclic amines) is 1. The van der Waals surface area contributed by atoms with Gasteiger partial charge in [0.1, 0.15) is 11.4 Å². The minimum atomic E-state index is -0.415. The molecule has 1 unspecified atom stereocenters. The summed E-state index contributed by atoms with van der Waals surface area (Å²) in [5, 5.41) is 0. The molecule has 1 saturated heterocycles. The van der Waals surface area contributed by atoms with E-state index in [9.17, 15) is 4.79 Å². The molecule has 3 rings (SSSR count). The average Bonchev–Trinajstić information content (AvgIpc) is 3.20. The maximum Gasteiger partial charge on any atom is 0.410 e. The van der Waals surface area contributed by atoms with E-state index in [0.717, 1.165) is 50.6 Å². The molecule has 2 fully saturated rings. The second-order valence-corrected chi connectivity index (χ2v) is 8.68. The lowest BCUT2D eigenvalue weighted by Gasteiger charge is -2.34. The zero-order valence-electron chi connectivity index (χ0n) is 16.0. The highest BCUT2D eigenvalue weighted by Gasteiger charge is 2.54. The summed E-state index contributed by atoms with van der Waals surface area (Å²) < 4.78 is 11.4. The Labute approximate surface area is 151 Å². The van der Waals surface area contributed by atoms with Gasteiger partial charge in [0.05, 0.1) is 6.61 Å². The SMILES string of the molecule is Cc1ccc(OCCC2CC23CCN(C(=O)OC(C)(C)C)CC3)cc1. The highest BCUT2D eigenvalue weighted by atomic mass is 16.6. The lowest BCUT2D eigenvalue weighted by atomic mass is 9.90. The van der Waals surface area contributed by atoms with Crippen LogP contribution in [0.15, 0.2) is 24.3 Å². The molecule has 1 aromatic carbocycles. The third-order valence-corrected chi connectivity index (χ3v) is 5.53. The van der Waals surface area contributed by atoms with E-state index < -0.39 is 5.60 Å². The zero-order valence-corrected chi connectivity index (χ0v) is 16.0. The van der Waals surface area contributed by atoms with Gasteiger partial charge in [-0.25, -0.2) is 4.79 Å². The first-order valence-electron chi connectivity index (χ1n) is 9.45. The van der Waals surface area contributed by atoms with Gasteiger partial charge in [-0.05, 0) is 76.8 Å². The minimum Gasteiger partial charge on any atom is -0.494 e. The number of benzene rings is 1. The van der Waals surface area contributed by atoms with E-state index in [1.54, 1.807) is 0 Å². The minimum absolute atomic E-state index is 0.165. The van der Waals surface area contributed by atoms with E-state index in [4.69, 9.17) is 9.47 Å². The number of carbonyl (C=O) groups excluding carboxylic acids is 1. The van der Waals surface area contributed by atoms with Gasteiger partial charge in [-0.15, -0.1) is 0 Å². The third kappa shape index (κ3) is 4.68. The zero-order chi connectivity index (χ0) is 18.1. The maximum atomic E-state index is 12.2. The predicted molar refractivity (Wildman–Crippen MR) is 98.9 cm³/mol. The first-order valence-corrected chi connectivity index (χ1v) is 9.45. The van der Waals surface area contributed by atoms with Crippen LogP contribution in [0.4, 0.5) is 4.79 Å². The molecule has 25 heavy (non-hydrogen) atoms. The van der Waals surface area contributed by atoms with Gasteiger partial charge in [0, 0.05) is 13.1 Å². The van der Waals surface area contributed by atoms with Crippen LogP contribution in [-0.4, -0.2) is 36.3 Å². The summed E-state index contributed by atoms with van der Waals surface area (Å²) >= 11 is 0. The molecular formula is C21H31NO3. The van der Waals surface area contributed by atoms with Crippen molar-refractivity contribution >= 4 is 6.09 Å². The molecule has 0 radical (unpaired) electrons. The average molecular weight is 345 g/mol. The largest absolute Gasteiger partial charge is 0.494 e. The van der Waals surface area contributed by atoms with E-state index in [1.807, 2.05) is 37.8 Å². The lowest BCUT2D eigenvalue weighted by Crippen LogP contribution is -2.42. The molecule has 138 valence electrons. The summed E-state index contributed by atoms with van der Waals surface area (Å²) in [7, 11) is 0. The fourth-order valence-electron chi connectivity index (χ4n) is 3.87. The van der Waals surface area contributed by atoms with Crippen molar-refractivity contribution in [2.24, 2.45) is 11.3 Å². The van der Waals surface area contributed by atoms with Crippen LogP contribution in [-0.2, 0) is 4.74 Å². The molecule has 0 bridgehead atoms. The molecule has 1 amide bonds. The molecule has 0 aromatic heterocycles. The Morgan fingerprint density at radius 2 is 1.84 bits per heavy atom. The number of carbonyl (C=O) groups is 1. The van der Waals surface area contributed by atoms with Crippen LogP contribution in [0.5, 0.6) is 5.75 Å². The Balaban J connectivity index is 1.39. The normalized spacial score (nSPS) is 21.9. The predicted octanol–water partition coefficient (Wildman–Crippen LogP) is 4.80. The summed E-state index contributed by atoms with van der Waals surface area (Å²) in [4.78, 5) is 14.0. The Morgan fingerprint density at radius 3 is 2.44 bits per heavy atom. The van der Waals surface area contributed by atoms with Gasteiger partial charge < -0.3 is 14.4 Å². The van der Waals surface area contributed by atoms with Crippen molar-refractivity contribution in [3.05, 3.63) is 29.8 Å². The topological polar surface area (TPSA) is 38.8 Å². The first kappa shape index (κ1) is 18.1. The Morgan fingerprint density at radius 1 is 1.20 bits per heavy atom. The highest BCUT2D eigenvalue weighted by Crippen LogP contribution is 2.60. The quantitative estimate of drug-likeness (QED) is 0.787. The number of amides is 1. The van der Waals surface area contributed by atoms with Crippen LogP contribution in [0.2, 0.25) is 0 Å². The van der Waals surface area contributed by atoms with Gasteiger partial charge in [0.25, 0.3) is 0 Å². The van der Waals surface area contributed by atoms with E-state index in [-0.39, 0.29) is 6.09 Å². The van der Waals surface area contributed by atoms with E-state index in [0.29, 0.717) is 5.41 Å². The number of hydrogen-bond donors (Lipinski definition) is 0. The standard InChI is InChI=1S/C21H31NO3/c1-16-5-7-18(8-6-16)24-14-9-17-15-21(17)10-12-22(13-11-21)19(23)25-20(2,3)4/h5-8,17H,9-15H2,1-4H3. The van der Waals surface area contributed by atoms with Crippen LogP contribution in [0.3, 0.4) is 0 Å². The molecule has 1 aliphatic heterocycles. The highest BCUT2D eigenvalue weighted by molar-refractivity contribution is 5.68. The van der Waals surface area contributed by atoms with Crippen molar-refractivity contribution in [1.29, 1.82) is 0 Å². The van der Waals surface area contributed by atoms with Gasteiger partial charge in [0.2, 0.25) is 0 Å². The number of rotatable bonds is 4. The monoisotopic (exact) mass is 345 g/mol. The van der Waals surface area contributed by atoms with Crippen molar-refractivity contribution in [1.82, 2.24) is 4.90 Å². The molecule has 0 N–H and O–H groups in total. The number of hydrogen-bond acceptors (Lipinski definition) is 3. The molecule has 1 aliphatic carbocycles. The molecule has 4 nitrogen and oxygen atoms in total. The van der Waals surface area contributed by atoms with Crippen LogP contribution in [0.25, 0.3) is 0 Å². The molecule has 1 spiro atoms. The Bertz CT molecular complexity index is 595. The van der Waals surface area contributed by atoms with Gasteiger partial charge in [0.15, 0.2) is 0 Å². The molecular weight excluding hydrogens is 314 g/mol. The Kier molecular flexibility index (Phi) is 4.99. The summed E-state index contributed by atoms with van der Waals surface area (Å²) in [6.07, 6.45) is 4.43. The first-order chi connectivity index (χ1) is 11.8. The molecule has 1 atom stereocenters.